The molecule has 0 unspecified atom stereocenters. The molecule has 1 saturated carbocycles. The zero-order valence-corrected chi connectivity index (χ0v) is 13.1. The van der Waals surface area contributed by atoms with Gasteiger partial charge in [-0.3, -0.25) is 4.79 Å². The Labute approximate surface area is 130 Å². The van der Waals surface area contributed by atoms with E-state index in [0.29, 0.717) is 28.6 Å². The number of carboxylic acids is 1. The van der Waals surface area contributed by atoms with E-state index in [2.05, 4.69) is 26.6 Å². The van der Waals surface area contributed by atoms with Crippen molar-refractivity contribution in [1.29, 1.82) is 0 Å². The number of carbonyl (C=O) groups excluding carboxylic acids is 1. The van der Waals surface area contributed by atoms with Gasteiger partial charge >= 0.3 is 12.0 Å². The first-order valence-corrected chi connectivity index (χ1v) is 7.37. The molecule has 0 heterocycles. The first-order chi connectivity index (χ1) is 9.84. The van der Waals surface area contributed by atoms with E-state index in [4.69, 9.17) is 0 Å². The summed E-state index contributed by atoms with van der Waals surface area (Å²) < 4.78 is 13.8. The van der Waals surface area contributed by atoms with Gasteiger partial charge in [0.1, 0.15) is 5.82 Å². The van der Waals surface area contributed by atoms with Crippen molar-refractivity contribution in [2.24, 2.45) is 5.41 Å². The molecule has 2 amide bonds. The molecule has 1 fully saturated rings. The molecule has 1 aromatic carbocycles. The minimum atomic E-state index is -0.889. The number of halogens is 2. The molecule has 0 spiro atoms. The number of carbonyl (C=O) groups is 2. The lowest BCUT2D eigenvalue weighted by atomic mass is 9.69. The normalized spacial score (nSPS) is 16.0. The third kappa shape index (κ3) is 3.34. The van der Waals surface area contributed by atoms with E-state index in [1.807, 2.05) is 0 Å². The summed E-state index contributed by atoms with van der Waals surface area (Å²) in [7, 11) is 0. The second-order valence-corrected chi connectivity index (χ2v) is 6.18. The highest BCUT2D eigenvalue weighted by Gasteiger charge is 2.44. The monoisotopic (exact) mass is 358 g/mol. The van der Waals surface area contributed by atoms with Crippen molar-refractivity contribution >= 4 is 33.6 Å². The molecule has 7 heteroatoms. The van der Waals surface area contributed by atoms with E-state index in [-0.39, 0.29) is 6.54 Å². The average Bonchev–Trinajstić information content (AvgIpc) is 2.34. The topological polar surface area (TPSA) is 78.4 Å². The fourth-order valence-electron chi connectivity index (χ4n) is 2.27. The van der Waals surface area contributed by atoms with E-state index in [0.717, 1.165) is 6.42 Å². The molecule has 3 N–H and O–H groups in total. The van der Waals surface area contributed by atoms with E-state index >= 15 is 0 Å². The number of urea groups is 1. The smallest absolute Gasteiger partial charge is 0.319 e. The molecule has 1 aliphatic rings. The Bertz CT molecular complexity index is 588. The van der Waals surface area contributed by atoms with Crippen LogP contribution in [0.3, 0.4) is 0 Å². The number of carboxylic acid groups (broad SMARTS) is 1. The van der Waals surface area contributed by atoms with E-state index < -0.39 is 23.2 Å². The largest absolute Gasteiger partial charge is 0.481 e. The van der Waals surface area contributed by atoms with Crippen molar-refractivity contribution in [3.63, 3.8) is 0 Å². The van der Waals surface area contributed by atoms with Crippen molar-refractivity contribution in [1.82, 2.24) is 5.32 Å². The van der Waals surface area contributed by atoms with Gasteiger partial charge < -0.3 is 15.7 Å². The minimum Gasteiger partial charge on any atom is -0.481 e. The number of rotatable bonds is 4. The van der Waals surface area contributed by atoms with Crippen LogP contribution in [0.2, 0.25) is 0 Å². The number of anilines is 1. The fourth-order valence-corrected chi connectivity index (χ4v) is 2.72. The van der Waals surface area contributed by atoms with E-state index in [1.165, 1.54) is 6.07 Å². The zero-order chi connectivity index (χ0) is 15.6. The van der Waals surface area contributed by atoms with Crippen LogP contribution in [0.4, 0.5) is 14.9 Å². The lowest BCUT2D eigenvalue weighted by molar-refractivity contribution is -0.153. The average molecular weight is 359 g/mol. The van der Waals surface area contributed by atoms with Crippen LogP contribution >= 0.6 is 15.9 Å². The first-order valence-electron chi connectivity index (χ1n) is 6.58. The van der Waals surface area contributed by atoms with Crippen molar-refractivity contribution < 1.29 is 19.1 Å². The Morgan fingerprint density at radius 3 is 2.62 bits per heavy atom. The molecular weight excluding hydrogens is 343 g/mol. The van der Waals surface area contributed by atoms with Crippen LogP contribution in [-0.4, -0.2) is 23.7 Å². The summed E-state index contributed by atoms with van der Waals surface area (Å²) in [6.07, 6.45) is 1.98. The van der Waals surface area contributed by atoms with E-state index in [1.54, 1.807) is 13.0 Å². The number of amides is 2. The third-order valence-corrected chi connectivity index (χ3v) is 4.47. The SMILES string of the molecule is Cc1cc(Br)c(F)cc1NC(=O)NCC1(C(=O)O)CCC1. The van der Waals surface area contributed by atoms with Gasteiger partial charge in [-0.2, -0.15) is 0 Å². The number of aliphatic carboxylic acids is 1. The molecule has 114 valence electrons. The molecule has 2 rings (SSSR count). The predicted octanol–water partition coefficient (Wildman–Crippen LogP) is 3.27. The Hall–Kier alpha value is -1.63. The Kier molecular flexibility index (Phi) is 4.51. The first kappa shape index (κ1) is 15.8. The molecule has 1 aromatic rings. The van der Waals surface area contributed by atoms with Gasteiger partial charge in [0, 0.05) is 12.2 Å². The van der Waals surface area contributed by atoms with Crippen LogP contribution in [-0.2, 0) is 4.79 Å². The van der Waals surface area contributed by atoms with Gasteiger partial charge in [0.25, 0.3) is 0 Å². The Morgan fingerprint density at radius 1 is 1.43 bits per heavy atom. The molecule has 0 radical (unpaired) electrons. The van der Waals surface area contributed by atoms with Gasteiger partial charge in [0.2, 0.25) is 0 Å². The maximum absolute atomic E-state index is 13.5. The lowest BCUT2D eigenvalue weighted by Crippen LogP contribution is -2.48. The number of hydrogen-bond donors (Lipinski definition) is 3. The molecule has 21 heavy (non-hydrogen) atoms. The van der Waals surface area contributed by atoms with Crippen LogP contribution in [0, 0.1) is 18.2 Å². The molecule has 0 aromatic heterocycles. The summed E-state index contributed by atoms with van der Waals surface area (Å²) in [5.41, 5.74) is 0.207. The van der Waals surface area contributed by atoms with Crippen molar-refractivity contribution in [2.75, 3.05) is 11.9 Å². The molecule has 0 saturated heterocycles. The standard InChI is InChI=1S/C14H16BrFN2O3/c1-8-5-9(15)10(16)6-11(8)18-13(21)17-7-14(12(19)20)3-2-4-14/h5-6H,2-4,7H2,1H3,(H,19,20)(H2,17,18,21). The quantitative estimate of drug-likeness (QED) is 0.772. The van der Waals surface area contributed by atoms with Gasteiger partial charge in [0.15, 0.2) is 0 Å². The van der Waals surface area contributed by atoms with Gasteiger partial charge in [0.05, 0.1) is 9.89 Å². The molecule has 0 aliphatic heterocycles. The summed E-state index contributed by atoms with van der Waals surface area (Å²) in [6, 6.07) is 2.25. The predicted molar refractivity (Wildman–Crippen MR) is 79.8 cm³/mol. The highest BCUT2D eigenvalue weighted by atomic mass is 79.9. The van der Waals surface area contributed by atoms with Crippen LogP contribution < -0.4 is 10.6 Å². The maximum Gasteiger partial charge on any atom is 0.319 e. The second kappa shape index (κ2) is 6.01. The summed E-state index contributed by atoms with van der Waals surface area (Å²) in [5.74, 6) is -1.36. The molecular formula is C14H16BrFN2O3. The van der Waals surface area contributed by atoms with Crippen molar-refractivity contribution in [2.45, 2.75) is 26.2 Å². The summed E-state index contributed by atoms with van der Waals surface area (Å²) >= 11 is 3.07. The Morgan fingerprint density at radius 2 is 2.10 bits per heavy atom. The Balaban J connectivity index is 1.96. The van der Waals surface area contributed by atoms with Gasteiger partial charge in [-0.15, -0.1) is 0 Å². The summed E-state index contributed by atoms with van der Waals surface area (Å²) in [6.45, 7) is 1.82. The highest BCUT2D eigenvalue weighted by Crippen LogP contribution is 2.40. The molecule has 0 bridgehead atoms. The molecule has 5 nitrogen and oxygen atoms in total. The van der Waals surface area contributed by atoms with Gasteiger partial charge in [-0.25, -0.2) is 9.18 Å². The number of aryl methyl sites for hydroxylation is 1. The molecule has 0 atom stereocenters. The third-order valence-electron chi connectivity index (χ3n) is 3.87. The number of nitrogens with one attached hydrogen (secondary N) is 2. The second-order valence-electron chi connectivity index (χ2n) is 5.33. The minimum absolute atomic E-state index is 0.0756. The lowest BCUT2D eigenvalue weighted by Gasteiger charge is -2.37. The van der Waals surface area contributed by atoms with Gasteiger partial charge in [-0.05, 0) is 53.4 Å². The van der Waals surface area contributed by atoms with Crippen LogP contribution in [0.25, 0.3) is 0 Å². The molecule has 1 aliphatic carbocycles. The number of benzene rings is 1. The highest BCUT2D eigenvalue weighted by molar-refractivity contribution is 9.10. The van der Waals surface area contributed by atoms with Crippen LogP contribution in [0.1, 0.15) is 24.8 Å². The van der Waals surface area contributed by atoms with Crippen LogP contribution in [0.5, 0.6) is 0 Å². The van der Waals surface area contributed by atoms with Gasteiger partial charge in [-0.1, -0.05) is 6.42 Å². The summed E-state index contributed by atoms with van der Waals surface area (Å²) in [4.78, 5) is 23.0. The maximum atomic E-state index is 13.5. The number of hydrogen-bond acceptors (Lipinski definition) is 2. The van der Waals surface area contributed by atoms with Crippen LogP contribution in [0.15, 0.2) is 16.6 Å². The fraction of sp³-hybridized carbons (Fsp3) is 0.429. The summed E-state index contributed by atoms with van der Waals surface area (Å²) in [5, 5.41) is 14.3. The van der Waals surface area contributed by atoms with Crippen molar-refractivity contribution in [3.8, 4) is 0 Å². The zero-order valence-electron chi connectivity index (χ0n) is 11.5. The van der Waals surface area contributed by atoms with E-state index in [9.17, 15) is 19.1 Å². The van der Waals surface area contributed by atoms with Crippen molar-refractivity contribution in [3.05, 3.63) is 28.0 Å².